The second-order valence-electron chi connectivity index (χ2n) is 4.40. The Kier molecular flexibility index (Phi) is 6.03. The number of hydrogen-bond acceptors (Lipinski definition) is 3. The SMILES string of the molecule is C=CC[C@@]1(COCCCC)CCC(OC)O1. The van der Waals surface area contributed by atoms with E-state index in [-0.39, 0.29) is 11.9 Å². The molecule has 0 amide bonds. The Morgan fingerprint density at radius 2 is 2.38 bits per heavy atom. The summed E-state index contributed by atoms with van der Waals surface area (Å²) in [5.41, 5.74) is -0.198. The van der Waals surface area contributed by atoms with Crippen LogP contribution >= 0.6 is 0 Å². The van der Waals surface area contributed by atoms with Crippen molar-refractivity contribution in [2.45, 2.75) is 50.9 Å². The molecule has 0 bridgehead atoms. The van der Waals surface area contributed by atoms with Crippen LogP contribution in [0.15, 0.2) is 12.7 Å². The van der Waals surface area contributed by atoms with Gasteiger partial charge in [0.05, 0.1) is 12.2 Å². The van der Waals surface area contributed by atoms with E-state index in [1.807, 2.05) is 6.08 Å². The Morgan fingerprint density at radius 3 is 2.94 bits per heavy atom. The Balaban J connectivity index is 2.37. The summed E-state index contributed by atoms with van der Waals surface area (Å²) in [7, 11) is 1.69. The highest BCUT2D eigenvalue weighted by atomic mass is 16.7. The van der Waals surface area contributed by atoms with Crippen LogP contribution < -0.4 is 0 Å². The molecular formula is C13H24O3. The highest BCUT2D eigenvalue weighted by Gasteiger charge is 2.39. The largest absolute Gasteiger partial charge is 0.378 e. The molecule has 1 aliphatic rings. The first-order chi connectivity index (χ1) is 7.76. The lowest BCUT2D eigenvalue weighted by atomic mass is 9.97. The topological polar surface area (TPSA) is 27.7 Å². The maximum Gasteiger partial charge on any atom is 0.158 e. The second-order valence-corrected chi connectivity index (χ2v) is 4.40. The molecule has 0 N–H and O–H groups in total. The first-order valence-corrected chi connectivity index (χ1v) is 6.15. The average Bonchev–Trinajstić information content (AvgIpc) is 2.69. The molecule has 0 radical (unpaired) electrons. The number of unbranched alkanes of at least 4 members (excludes halogenated alkanes) is 1. The van der Waals surface area contributed by atoms with Crippen molar-refractivity contribution in [3.63, 3.8) is 0 Å². The lowest BCUT2D eigenvalue weighted by molar-refractivity contribution is -0.172. The number of ether oxygens (including phenoxy) is 3. The van der Waals surface area contributed by atoms with E-state index in [1.54, 1.807) is 7.11 Å². The molecule has 1 aliphatic heterocycles. The van der Waals surface area contributed by atoms with Gasteiger partial charge in [-0.15, -0.1) is 6.58 Å². The summed E-state index contributed by atoms with van der Waals surface area (Å²) >= 11 is 0. The molecule has 3 heteroatoms. The van der Waals surface area contributed by atoms with Gasteiger partial charge in [0, 0.05) is 20.1 Å². The molecule has 16 heavy (non-hydrogen) atoms. The summed E-state index contributed by atoms with van der Waals surface area (Å²) in [5.74, 6) is 0. The highest BCUT2D eigenvalue weighted by molar-refractivity contribution is 4.92. The van der Waals surface area contributed by atoms with Crippen molar-refractivity contribution in [2.75, 3.05) is 20.3 Å². The van der Waals surface area contributed by atoms with Gasteiger partial charge >= 0.3 is 0 Å². The van der Waals surface area contributed by atoms with Crippen LogP contribution in [0, 0.1) is 0 Å². The van der Waals surface area contributed by atoms with Crippen LogP contribution in [0.3, 0.4) is 0 Å². The number of methoxy groups -OCH3 is 1. The molecule has 0 aromatic rings. The summed E-state index contributed by atoms with van der Waals surface area (Å²) in [5, 5.41) is 0. The molecule has 94 valence electrons. The Bertz CT molecular complexity index is 205. The third kappa shape index (κ3) is 3.89. The van der Waals surface area contributed by atoms with Crippen molar-refractivity contribution in [1.29, 1.82) is 0 Å². The van der Waals surface area contributed by atoms with E-state index in [0.717, 1.165) is 38.7 Å². The normalized spacial score (nSPS) is 29.5. The van der Waals surface area contributed by atoms with Gasteiger partial charge in [-0.2, -0.15) is 0 Å². The van der Waals surface area contributed by atoms with E-state index < -0.39 is 0 Å². The Morgan fingerprint density at radius 1 is 1.56 bits per heavy atom. The van der Waals surface area contributed by atoms with Gasteiger partial charge in [-0.3, -0.25) is 0 Å². The fraction of sp³-hybridized carbons (Fsp3) is 0.846. The van der Waals surface area contributed by atoms with Crippen LogP contribution in [0.4, 0.5) is 0 Å². The Hall–Kier alpha value is -0.380. The van der Waals surface area contributed by atoms with Crippen molar-refractivity contribution in [3.05, 3.63) is 12.7 Å². The summed E-state index contributed by atoms with van der Waals surface area (Å²) in [6.45, 7) is 7.42. The highest BCUT2D eigenvalue weighted by Crippen LogP contribution is 2.34. The molecule has 3 nitrogen and oxygen atoms in total. The summed E-state index contributed by atoms with van der Waals surface area (Å²) < 4.78 is 16.8. The smallest absolute Gasteiger partial charge is 0.158 e. The second kappa shape index (κ2) is 7.05. The third-order valence-corrected chi connectivity index (χ3v) is 3.00. The minimum atomic E-state index is -0.198. The monoisotopic (exact) mass is 228 g/mol. The predicted octanol–water partition coefficient (Wildman–Crippen LogP) is 2.90. The van der Waals surface area contributed by atoms with E-state index in [9.17, 15) is 0 Å². The molecule has 1 heterocycles. The van der Waals surface area contributed by atoms with E-state index in [4.69, 9.17) is 14.2 Å². The minimum absolute atomic E-state index is 0.0743. The molecule has 0 aromatic heterocycles. The fourth-order valence-corrected chi connectivity index (χ4v) is 2.03. The van der Waals surface area contributed by atoms with Crippen LogP contribution in [0.1, 0.15) is 39.0 Å². The first-order valence-electron chi connectivity index (χ1n) is 6.15. The predicted molar refractivity (Wildman–Crippen MR) is 64.4 cm³/mol. The lowest BCUT2D eigenvalue weighted by Gasteiger charge is -2.27. The van der Waals surface area contributed by atoms with Gasteiger partial charge in [0.1, 0.15) is 0 Å². The summed E-state index contributed by atoms with van der Waals surface area (Å²) in [6, 6.07) is 0. The fourth-order valence-electron chi connectivity index (χ4n) is 2.03. The molecule has 0 aliphatic carbocycles. The zero-order valence-corrected chi connectivity index (χ0v) is 10.5. The van der Waals surface area contributed by atoms with E-state index in [0.29, 0.717) is 6.61 Å². The average molecular weight is 228 g/mol. The molecule has 2 atom stereocenters. The maximum atomic E-state index is 5.90. The van der Waals surface area contributed by atoms with Gasteiger partial charge in [0.15, 0.2) is 6.29 Å². The van der Waals surface area contributed by atoms with Gasteiger partial charge in [0.25, 0.3) is 0 Å². The van der Waals surface area contributed by atoms with Crippen molar-refractivity contribution >= 4 is 0 Å². The van der Waals surface area contributed by atoms with Crippen molar-refractivity contribution < 1.29 is 14.2 Å². The zero-order chi connectivity index (χ0) is 11.9. The van der Waals surface area contributed by atoms with E-state index in [2.05, 4.69) is 13.5 Å². The first kappa shape index (κ1) is 13.7. The Labute approximate surface area is 98.8 Å². The van der Waals surface area contributed by atoms with Gasteiger partial charge in [-0.25, -0.2) is 0 Å². The minimum Gasteiger partial charge on any atom is -0.378 e. The summed E-state index contributed by atoms with van der Waals surface area (Å²) in [6.07, 6.45) is 6.87. The number of rotatable bonds is 8. The maximum absolute atomic E-state index is 5.90. The molecule has 1 rings (SSSR count). The van der Waals surface area contributed by atoms with Crippen LogP contribution in [0.2, 0.25) is 0 Å². The molecule has 1 saturated heterocycles. The zero-order valence-electron chi connectivity index (χ0n) is 10.5. The van der Waals surface area contributed by atoms with Gasteiger partial charge < -0.3 is 14.2 Å². The quantitative estimate of drug-likeness (QED) is 0.472. The third-order valence-electron chi connectivity index (χ3n) is 3.00. The van der Waals surface area contributed by atoms with Crippen LogP contribution in [-0.4, -0.2) is 32.2 Å². The molecule has 0 aromatic carbocycles. The van der Waals surface area contributed by atoms with Crippen LogP contribution in [-0.2, 0) is 14.2 Å². The molecule has 1 fully saturated rings. The molecule has 1 unspecified atom stereocenters. The van der Waals surface area contributed by atoms with Crippen molar-refractivity contribution in [3.8, 4) is 0 Å². The lowest BCUT2D eigenvalue weighted by Crippen LogP contribution is -2.35. The van der Waals surface area contributed by atoms with Crippen molar-refractivity contribution in [2.24, 2.45) is 0 Å². The standard InChI is InChI=1S/C13H24O3/c1-4-6-10-15-11-13(8-5-2)9-7-12(14-3)16-13/h5,12H,2,4,6-11H2,1,3H3/t12?,13-/m0/s1. The summed E-state index contributed by atoms with van der Waals surface area (Å²) in [4.78, 5) is 0. The van der Waals surface area contributed by atoms with E-state index >= 15 is 0 Å². The van der Waals surface area contributed by atoms with Gasteiger partial charge in [-0.1, -0.05) is 19.4 Å². The van der Waals surface area contributed by atoms with Gasteiger partial charge in [0.2, 0.25) is 0 Å². The molecule has 0 saturated carbocycles. The van der Waals surface area contributed by atoms with Crippen LogP contribution in [0.25, 0.3) is 0 Å². The van der Waals surface area contributed by atoms with Gasteiger partial charge in [-0.05, 0) is 19.3 Å². The number of hydrogen-bond donors (Lipinski definition) is 0. The van der Waals surface area contributed by atoms with Crippen molar-refractivity contribution in [1.82, 2.24) is 0 Å². The van der Waals surface area contributed by atoms with Crippen LogP contribution in [0.5, 0.6) is 0 Å². The molecule has 0 spiro atoms. The molecular weight excluding hydrogens is 204 g/mol. The van der Waals surface area contributed by atoms with E-state index in [1.165, 1.54) is 0 Å².